The van der Waals surface area contributed by atoms with Gasteiger partial charge in [0.15, 0.2) is 0 Å². The minimum Gasteiger partial charge on any atom is -0.318 e. The number of amides is 1. The first-order valence-corrected chi connectivity index (χ1v) is 6.04. The molecule has 4 nitrogen and oxygen atoms in total. The van der Waals surface area contributed by atoms with Crippen LogP contribution in [0.1, 0.15) is 21.7 Å². The van der Waals surface area contributed by atoms with Crippen LogP contribution in [-0.2, 0) is 7.05 Å². The molecule has 2 aromatic rings. The van der Waals surface area contributed by atoms with Crippen LogP contribution >= 0.6 is 11.6 Å². The summed E-state index contributed by atoms with van der Waals surface area (Å²) in [7, 11) is 1.61. The van der Waals surface area contributed by atoms with Crippen LogP contribution < -0.4 is 5.32 Å². The van der Waals surface area contributed by atoms with Crippen LogP contribution in [0.15, 0.2) is 18.2 Å². The zero-order chi connectivity index (χ0) is 14.2. The monoisotopic (exact) mass is 281 g/mol. The standard InChI is InChI=1S/C13H13ClFN3O/c1-7-4-5-9(15)10(6-7)16-13(19)12-11(14)8(2)17-18(12)3/h4-6H,1-3H3,(H,16,19). The van der Waals surface area contributed by atoms with Gasteiger partial charge in [-0.1, -0.05) is 17.7 Å². The fourth-order valence-corrected chi connectivity index (χ4v) is 2.04. The molecular formula is C13H13ClFN3O. The molecular weight excluding hydrogens is 269 g/mol. The van der Waals surface area contributed by atoms with E-state index in [-0.39, 0.29) is 16.4 Å². The molecule has 0 aliphatic rings. The molecule has 0 aliphatic heterocycles. The van der Waals surface area contributed by atoms with Gasteiger partial charge in [-0.3, -0.25) is 9.48 Å². The zero-order valence-electron chi connectivity index (χ0n) is 10.8. The third-order valence-electron chi connectivity index (χ3n) is 2.73. The number of benzene rings is 1. The Morgan fingerprint density at radius 2 is 2.11 bits per heavy atom. The summed E-state index contributed by atoms with van der Waals surface area (Å²) in [6, 6.07) is 4.50. The summed E-state index contributed by atoms with van der Waals surface area (Å²) in [6.45, 7) is 3.52. The number of nitrogens with one attached hydrogen (secondary N) is 1. The Balaban J connectivity index is 2.33. The lowest BCUT2D eigenvalue weighted by Gasteiger charge is -2.07. The molecule has 1 aromatic carbocycles. The van der Waals surface area contributed by atoms with Gasteiger partial charge in [-0.05, 0) is 31.5 Å². The number of hydrogen-bond donors (Lipinski definition) is 1. The summed E-state index contributed by atoms with van der Waals surface area (Å²) in [5.74, 6) is -0.980. The Bertz CT molecular complexity index is 652. The molecule has 1 N–H and O–H groups in total. The Kier molecular flexibility index (Phi) is 3.57. The van der Waals surface area contributed by atoms with Crippen molar-refractivity contribution in [1.82, 2.24) is 9.78 Å². The van der Waals surface area contributed by atoms with Gasteiger partial charge >= 0.3 is 0 Å². The van der Waals surface area contributed by atoms with Crippen molar-refractivity contribution in [2.45, 2.75) is 13.8 Å². The minimum atomic E-state index is -0.492. The average molecular weight is 282 g/mol. The molecule has 0 saturated carbocycles. The minimum absolute atomic E-state index is 0.125. The van der Waals surface area contributed by atoms with E-state index in [1.807, 2.05) is 6.92 Å². The summed E-state index contributed by atoms with van der Waals surface area (Å²) >= 11 is 6.01. The van der Waals surface area contributed by atoms with Crippen molar-refractivity contribution in [1.29, 1.82) is 0 Å². The third-order valence-corrected chi connectivity index (χ3v) is 3.19. The molecule has 0 atom stereocenters. The van der Waals surface area contributed by atoms with Gasteiger partial charge in [-0.2, -0.15) is 5.10 Å². The predicted molar refractivity (Wildman–Crippen MR) is 72.0 cm³/mol. The molecule has 0 saturated heterocycles. The van der Waals surface area contributed by atoms with E-state index in [2.05, 4.69) is 10.4 Å². The highest BCUT2D eigenvalue weighted by molar-refractivity contribution is 6.34. The van der Waals surface area contributed by atoms with Gasteiger partial charge in [-0.15, -0.1) is 0 Å². The highest BCUT2D eigenvalue weighted by Gasteiger charge is 2.19. The summed E-state index contributed by atoms with van der Waals surface area (Å²) in [5.41, 5.74) is 1.74. The topological polar surface area (TPSA) is 46.9 Å². The lowest BCUT2D eigenvalue weighted by atomic mass is 10.2. The van der Waals surface area contributed by atoms with Crippen LogP contribution in [0.5, 0.6) is 0 Å². The number of anilines is 1. The number of rotatable bonds is 2. The van der Waals surface area contributed by atoms with Gasteiger partial charge < -0.3 is 5.32 Å². The maximum Gasteiger partial charge on any atom is 0.275 e. The molecule has 0 unspecified atom stereocenters. The highest BCUT2D eigenvalue weighted by atomic mass is 35.5. The fourth-order valence-electron chi connectivity index (χ4n) is 1.80. The van der Waals surface area contributed by atoms with E-state index >= 15 is 0 Å². The van der Waals surface area contributed by atoms with Crippen LogP contribution in [0, 0.1) is 19.7 Å². The first-order valence-electron chi connectivity index (χ1n) is 5.66. The zero-order valence-corrected chi connectivity index (χ0v) is 11.5. The van der Waals surface area contributed by atoms with Crippen LogP contribution in [0.4, 0.5) is 10.1 Å². The van der Waals surface area contributed by atoms with Crippen LogP contribution in [0.3, 0.4) is 0 Å². The summed E-state index contributed by atoms with van der Waals surface area (Å²) in [5, 5.41) is 6.82. The average Bonchev–Trinajstić information content (AvgIpc) is 2.58. The summed E-state index contributed by atoms with van der Waals surface area (Å²) in [4.78, 5) is 12.1. The Morgan fingerprint density at radius 3 is 2.68 bits per heavy atom. The lowest BCUT2D eigenvalue weighted by Crippen LogP contribution is -2.17. The van der Waals surface area contributed by atoms with Gasteiger partial charge in [0.05, 0.1) is 16.4 Å². The van der Waals surface area contributed by atoms with Crippen molar-refractivity contribution in [3.8, 4) is 0 Å². The molecule has 0 spiro atoms. The van der Waals surface area contributed by atoms with Gasteiger partial charge in [0, 0.05) is 7.05 Å². The van der Waals surface area contributed by atoms with Gasteiger partial charge in [-0.25, -0.2) is 4.39 Å². The summed E-state index contributed by atoms with van der Waals surface area (Å²) in [6.07, 6.45) is 0. The summed E-state index contributed by atoms with van der Waals surface area (Å²) < 4.78 is 15.0. The molecule has 1 heterocycles. The molecule has 0 fully saturated rings. The molecule has 1 amide bonds. The largest absolute Gasteiger partial charge is 0.318 e. The second-order valence-corrected chi connectivity index (χ2v) is 4.69. The molecule has 0 bridgehead atoms. The van der Waals surface area contributed by atoms with Gasteiger partial charge in [0.1, 0.15) is 11.5 Å². The Hall–Kier alpha value is -1.88. The van der Waals surface area contributed by atoms with E-state index in [1.165, 1.54) is 10.7 Å². The van der Waals surface area contributed by atoms with Crippen molar-refractivity contribution in [2.24, 2.45) is 7.05 Å². The van der Waals surface area contributed by atoms with Crippen LogP contribution in [0.2, 0.25) is 5.02 Å². The van der Waals surface area contributed by atoms with E-state index in [9.17, 15) is 9.18 Å². The molecule has 0 radical (unpaired) electrons. The highest BCUT2D eigenvalue weighted by Crippen LogP contribution is 2.22. The third kappa shape index (κ3) is 2.61. The molecule has 6 heteroatoms. The van der Waals surface area contributed by atoms with Gasteiger partial charge in [0.25, 0.3) is 5.91 Å². The Morgan fingerprint density at radius 1 is 1.42 bits per heavy atom. The predicted octanol–water partition coefficient (Wildman–Crippen LogP) is 3.08. The molecule has 100 valence electrons. The molecule has 0 aliphatic carbocycles. The molecule has 19 heavy (non-hydrogen) atoms. The maximum atomic E-state index is 13.6. The van der Waals surface area contributed by atoms with Crippen LogP contribution in [0.25, 0.3) is 0 Å². The second-order valence-electron chi connectivity index (χ2n) is 4.31. The molecule has 1 aromatic heterocycles. The lowest BCUT2D eigenvalue weighted by molar-refractivity contribution is 0.101. The maximum absolute atomic E-state index is 13.6. The van der Waals surface area contributed by atoms with E-state index in [0.29, 0.717) is 5.69 Å². The van der Waals surface area contributed by atoms with Crippen molar-refractivity contribution in [2.75, 3.05) is 5.32 Å². The van der Waals surface area contributed by atoms with E-state index < -0.39 is 11.7 Å². The first-order chi connectivity index (χ1) is 8.90. The number of carbonyl (C=O) groups excluding carboxylic acids is 1. The number of aryl methyl sites for hydroxylation is 3. The number of nitrogens with zero attached hydrogens (tertiary/aromatic N) is 2. The fraction of sp³-hybridized carbons (Fsp3) is 0.231. The number of hydrogen-bond acceptors (Lipinski definition) is 2. The normalized spacial score (nSPS) is 10.6. The van der Waals surface area contributed by atoms with E-state index in [4.69, 9.17) is 11.6 Å². The van der Waals surface area contributed by atoms with Crippen molar-refractivity contribution >= 4 is 23.2 Å². The van der Waals surface area contributed by atoms with Crippen molar-refractivity contribution < 1.29 is 9.18 Å². The smallest absolute Gasteiger partial charge is 0.275 e. The Labute approximate surface area is 115 Å². The first kappa shape index (κ1) is 13.5. The number of carbonyl (C=O) groups is 1. The SMILES string of the molecule is Cc1ccc(F)c(NC(=O)c2c(Cl)c(C)nn2C)c1. The number of aromatic nitrogens is 2. The van der Waals surface area contributed by atoms with E-state index in [0.717, 1.165) is 5.56 Å². The van der Waals surface area contributed by atoms with Crippen LogP contribution in [-0.4, -0.2) is 15.7 Å². The quantitative estimate of drug-likeness (QED) is 0.919. The van der Waals surface area contributed by atoms with E-state index in [1.54, 1.807) is 26.1 Å². The number of halogens is 2. The van der Waals surface area contributed by atoms with Crippen molar-refractivity contribution in [3.63, 3.8) is 0 Å². The van der Waals surface area contributed by atoms with Gasteiger partial charge in [0.2, 0.25) is 0 Å². The second kappa shape index (κ2) is 5.01. The van der Waals surface area contributed by atoms with Crippen molar-refractivity contribution in [3.05, 3.63) is 46.0 Å². The molecule has 2 rings (SSSR count).